The van der Waals surface area contributed by atoms with E-state index in [4.69, 9.17) is 47.4 Å². The molecular formula is C48H52O10. The first-order valence-electron chi connectivity index (χ1n) is 20.0. The Morgan fingerprint density at radius 3 is 1.33 bits per heavy atom. The first-order valence-corrected chi connectivity index (χ1v) is 20.0. The molecule has 0 saturated carbocycles. The van der Waals surface area contributed by atoms with Gasteiger partial charge in [0.2, 0.25) is 0 Å². The van der Waals surface area contributed by atoms with Crippen molar-refractivity contribution < 1.29 is 47.4 Å². The molecule has 0 aliphatic carbocycles. The number of fused-ring (bicyclic) bond motifs is 1. The van der Waals surface area contributed by atoms with Crippen LogP contribution in [-0.2, 0) is 80.4 Å². The maximum absolute atomic E-state index is 7.17. The number of hydrogen-bond donors (Lipinski definition) is 0. The predicted octanol–water partition coefficient (Wildman–Crippen LogP) is 7.77. The molecule has 5 aromatic rings. The van der Waals surface area contributed by atoms with Crippen molar-refractivity contribution in [3.05, 3.63) is 179 Å². The van der Waals surface area contributed by atoms with Crippen LogP contribution in [0.5, 0.6) is 0 Å². The highest BCUT2D eigenvalue weighted by Crippen LogP contribution is 2.44. The molecule has 3 aliphatic rings. The van der Waals surface area contributed by atoms with E-state index in [1.807, 2.05) is 159 Å². The fourth-order valence-electron chi connectivity index (χ4n) is 7.81. The molecule has 3 fully saturated rings. The number of methoxy groups -OCH3 is 1. The van der Waals surface area contributed by atoms with E-state index in [1.165, 1.54) is 0 Å². The van der Waals surface area contributed by atoms with Gasteiger partial charge in [0.25, 0.3) is 0 Å². The Hall–Kier alpha value is -4.30. The zero-order valence-electron chi connectivity index (χ0n) is 33.0. The van der Waals surface area contributed by atoms with Gasteiger partial charge in [-0.2, -0.15) is 0 Å². The molecule has 3 saturated heterocycles. The largest absolute Gasteiger partial charge is 0.368 e. The molecule has 3 heterocycles. The minimum atomic E-state index is -1.75. The van der Waals surface area contributed by atoms with Crippen LogP contribution in [0.15, 0.2) is 152 Å². The lowest BCUT2D eigenvalue weighted by atomic mass is 9.93. The van der Waals surface area contributed by atoms with E-state index in [2.05, 4.69) is 0 Å². The third kappa shape index (κ3) is 9.76. The van der Waals surface area contributed by atoms with Crippen LogP contribution in [0.25, 0.3) is 0 Å². The highest BCUT2D eigenvalue weighted by atomic mass is 16.9. The summed E-state index contributed by atoms with van der Waals surface area (Å²) in [6.45, 7) is 3.55. The fourth-order valence-corrected chi connectivity index (χ4v) is 7.81. The minimum absolute atomic E-state index is 0.0972. The van der Waals surface area contributed by atoms with Crippen molar-refractivity contribution in [1.82, 2.24) is 0 Å². The normalized spacial score (nSPS) is 29.5. The van der Waals surface area contributed by atoms with E-state index < -0.39 is 61.1 Å². The molecule has 304 valence electrons. The lowest BCUT2D eigenvalue weighted by Crippen LogP contribution is -2.74. The Morgan fingerprint density at radius 1 is 0.483 bits per heavy atom. The summed E-state index contributed by atoms with van der Waals surface area (Å²) in [5.74, 6) is -1.75. The second-order valence-corrected chi connectivity index (χ2v) is 14.9. The number of benzene rings is 5. The standard InChI is InChI=1S/C48H52O10/c1-34-41(50-28-35-18-8-3-9-19-35)44(52-30-37-22-12-5-13-23-37)46(54-32-39-26-16-7-17-27-39)48(57-34)55-33-40-42(58-48)43(51-29-36-20-10-4-11-21-36)45(47(49-2)56-40)53-31-38-24-14-6-15-25-38/h3-27,34,40-47H,28-33H2,1-2H3/t34-,40-,41+,42+,43-,44+,45-,46-,47+,48+/m1/s1. The Labute approximate surface area is 340 Å². The third-order valence-corrected chi connectivity index (χ3v) is 10.8. The van der Waals surface area contributed by atoms with Crippen LogP contribution < -0.4 is 0 Å². The Bertz CT molecular complexity index is 1940. The van der Waals surface area contributed by atoms with E-state index in [1.54, 1.807) is 7.11 Å². The maximum Gasteiger partial charge on any atom is 0.314 e. The first-order chi connectivity index (χ1) is 28.6. The van der Waals surface area contributed by atoms with Gasteiger partial charge in [-0.3, -0.25) is 0 Å². The third-order valence-electron chi connectivity index (χ3n) is 10.8. The average Bonchev–Trinajstić information content (AvgIpc) is 3.28. The topological polar surface area (TPSA) is 92.3 Å². The van der Waals surface area contributed by atoms with E-state index in [0.29, 0.717) is 26.4 Å². The molecule has 5 aromatic carbocycles. The highest BCUT2D eigenvalue weighted by molar-refractivity contribution is 5.18. The second-order valence-electron chi connectivity index (χ2n) is 14.9. The van der Waals surface area contributed by atoms with E-state index >= 15 is 0 Å². The van der Waals surface area contributed by atoms with Gasteiger partial charge < -0.3 is 47.4 Å². The Balaban J connectivity index is 1.14. The summed E-state index contributed by atoms with van der Waals surface area (Å²) in [5.41, 5.74) is 5.00. The van der Waals surface area contributed by atoms with Crippen LogP contribution in [0.2, 0.25) is 0 Å². The molecule has 0 aromatic heterocycles. The Kier molecular flexibility index (Phi) is 13.7. The fraction of sp³-hybridized carbons (Fsp3) is 0.375. The van der Waals surface area contributed by atoms with Gasteiger partial charge in [0.1, 0.15) is 36.6 Å². The minimum Gasteiger partial charge on any atom is -0.368 e. The molecule has 0 N–H and O–H groups in total. The number of ether oxygens (including phenoxy) is 10. The molecule has 10 atom stereocenters. The van der Waals surface area contributed by atoms with E-state index in [9.17, 15) is 0 Å². The second kappa shape index (κ2) is 19.6. The van der Waals surface area contributed by atoms with Gasteiger partial charge in [0.05, 0.1) is 45.7 Å². The van der Waals surface area contributed by atoms with Gasteiger partial charge in [-0.05, 0) is 34.7 Å². The van der Waals surface area contributed by atoms with Crippen molar-refractivity contribution in [1.29, 1.82) is 0 Å². The molecular weight excluding hydrogens is 737 g/mol. The summed E-state index contributed by atoms with van der Waals surface area (Å²) in [7, 11) is 1.60. The average molecular weight is 789 g/mol. The Morgan fingerprint density at radius 2 is 0.879 bits per heavy atom. The summed E-state index contributed by atoms with van der Waals surface area (Å²) in [6.07, 6.45) is -6.16. The summed E-state index contributed by atoms with van der Waals surface area (Å²) in [6, 6.07) is 50.1. The lowest BCUT2D eigenvalue weighted by Gasteiger charge is -2.57. The van der Waals surface area contributed by atoms with Crippen molar-refractivity contribution in [2.45, 2.75) is 101 Å². The predicted molar refractivity (Wildman–Crippen MR) is 215 cm³/mol. The van der Waals surface area contributed by atoms with Crippen LogP contribution in [0, 0.1) is 0 Å². The zero-order chi connectivity index (χ0) is 39.6. The van der Waals surface area contributed by atoms with Gasteiger partial charge in [-0.25, -0.2) is 0 Å². The molecule has 8 rings (SSSR count). The number of rotatable bonds is 16. The van der Waals surface area contributed by atoms with Crippen molar-refractivity contribution >= 4 is 0 Å². The lowest BCUT2D eigenvalue weighted by molar-refractivity contribution is -0.515. The summed E-state index contributed by atoms with van der Waals surface area (Å²) in [4.78, 5) is 0. The van der Waals surface area contributed by atoms with Crippen LogP contribution in [0.4, 0.5) is 0 Å². The molecule has 0 radical (unpaired) electrons. The van der Waals surface area contributed by atoms with E-state index in [0.717, 1.165) is 27.8 Å². The van der Waals surface area contributed by atoms with Crippen molar-refractivity contribution in [3.8, 4) is 0 Å². The van der Waals surface area contributed by atoms with E-state index in [-0.39, 0.29) is 13.2 Å². The van der Waals surface area contributed by atoms with Gasteiger partial charge in [-0.1, -0.05) is 152 Å². The van der Waals surface area contributed by atoms with Crippen molar-refractivity contribution in [3.63, 3.8) is 0 Å². The van der Waals surface area contributed by atoms with Gasteiger partial charge in [0, 0.05) is 7.11 Å². The van der Waals surface area contributed by atoms with Crippen LogP contribution >= 0.6 is 0 Å². The van der Waals surface area contributed by atoms with Crippen molar-refractivity contribution in [2.75, 3.05) is 13.7 Å². The smallest absolute Gasteiger partial charge is 0.314 e. The zero-order valence-corrected chi connectivity index (χ0v) is 33.0. The highest BCUT2D eigenvalue weighted by Gasteiger charge is 2.64. The summed E-state index contributed by atoms with van der Waals surface area (Å²) in [5, 5.41) is 0. The molecule has 10 heteroatoms. The monoisotopic (exact) mass is 788 g/mol. The molecule has 0 amide bonds. The molecule has 0 bridgehead atoms. The van der Waals surface area contributed by atoms with Gasteiger partial charge in [0.15, 0.2) is 12.4 Å². The molecule has 3 aliphatic heterocycles. The summed E-state index contributed by atoms with van der Waals surface area (Å²) >= 11 is 0. The van der Waals surface area contributed by atoms with Crippen LogP contribution in [0.3, 0.4) is 0 Å². The summed E-state index contributed by atoms with van der Waals surface area (Å²) < 4.78 is 67.2. The quantitative estimate of drug-likeness (QED) is 0.0988. The van der Waals surface area contributed by atoms with Crippen LogP contribution in [0.1, 0.15) is 34.7 Å². The van der Waals surface area contributed by atoms with Gasteiger partial charge in [-0.15, -0.1) is 0 Å². The van der Waals surface area contributed by atoms with Crippen LogP contribution in [-0.4, -0.2) is 74.8 Å². The number of hydrogen-bond acceptors (Lipinski definition) is 10. The SMILES string of the molecule is CO[C@H]1O[C@@H]2CO[C@]3(O[C@@H]2[C@@H](OCc2ccccc2)[C@H]1OCc1ccccc1)O[C@H](C)[C@H](OCc1ccccc1)[C@H](OCc1ccccc1)[C@H]3OCc1ccccc1. The molecule has 10 nitrogen and oxygen atoms in total. The first kappa shape index (κ1) is 40.5. The molecule has 1 spiro atoms. The molecule has 0 unspecified atom stereocenters. The molecule has 58 heavy (non-hydrogen) atoms. The maximum atomic E-state index is 7.17. The van der Waals surface area contributed by atoms with Crippen molar-refractivity contribution in [2.24, 2.45) is 0 Å². The van der Waals surface area contributed by atoms with Gasteiger partial charge >= 0.3 is 5.97 Å².